The molecule has 2 N–H and O–H groups in total. The van der Waals surface area contributed by atoms with Crippen LogP contribution in [0.15, 0.2) is 53.9 Å². The highest BCUT2D eigenvalue weighted by molar-refractivity contribution is 7.14. The zero-order valence-electron chi connectivity index (χ0n) is 14.6. The SMILES string of the molecule is CC(C)C(=O)Nc1ccc(-c2csc(NCc3ccc(F)cc3)n2)cc1. The van der Waals surface area contributed by atoms with Crippen LogP contribution < -0.4 is 10.6 Å². The van der Waals surface area contributed by atoms with Gasteiger partial charge in [0.1, 0.15) is 5.82 Å². The number of nitrogens with one attached hydrogen (secondary N) is 2. The lowest BCUT2D eigenvalue weighted by atomic mass is 10.1. The van der Waals surface area contributed by atoms with Gasteiger partial charge in [0.05, 0.1) is 5.69 Å². The number of thiazole rings is 1. The van der Waals surface area contributed by atoms with Crippen molar-refractivity contribution in [1.82, 2.24) is 4.98 Å². The molecule has 0 fully saturated rings. The second-order valence-electron chi connectivity index (χ2n) is 6.24. The van der Waals surface area contributed by atoms with Gasteiger partial charge in [0.15, 0.2) is 5.13 Å². The van der Waals surface area contributed by atoms with Gasteiger partial charge in [0, 0.05) is 29.1 Å². The van der Waals surface area contributed by atoms with Gasteiger partial charge >= 0.3 is 0 Å². The molecule has 0 atom stereocenters. The van der Waals surface area contributed by atoms with E-state index in [1.54, 1.807) is 12.1 Å². The number of hydrogen-bond acceptors (Lipinski definition) is 4. The fraction of sp³-hybridized carbons (Fsp3) is 0.200. The predicted octanol–water partition coefficient (Wildman–Crippen LogP) is 5.16. The molecule has 1 heterocycles. The van der Waals surface area contributed by atoms with Crippen molar-refractivity contribution in [3.05, 3.63) is 65.3 Å². The zero-order chi connectivity index (χ0) is 18.5. The highest BCUT2D eigenvalue weighted by Crippen LogP contribution is 2.26. The molecule has 6 heteroatoms. The maximum absolute atomic E-state index is 12.9. The quantitative estimate of drug-likeness (QED) is 0.631. The van der Waals surface area contributed by atoms with Crippen LogP contribution in [0.5, 0.6) is 0 Å². The molecule has 0 saturated heterocycles. The van der Waals surface area contributed by atoms with E-state index in [0.29, 0.717) is 6.54 Å². The van der Waals surface area contributed by atoms with Crippen molar-refractivity contribution >= 4 is 28.1 Å². The van der Waals surface area contributed by atoms with Crippen LogP contribution in [0, 0.1) is 11.7 Å². The van der Waals surface area contributed by atoms with Crippen molar-refractivity contribution in [3.63, 3.8) is 0 Å². The molecule has 134 valence electrons. The Morgan fingerprint density at radius 1 is 1.12 bits per heavy atom. The third kappa shape index (κ3) is 4.67. The molecule has 0 unspecified atom stereocenters. The molecule has 0 aliphatic heterocycles. The summed E-state index contributed by atoms with van der Waals surface area (Å²) in [4.78, 5) is 16.3. The first-order chi connectivity index (χ1) is 12.5. The number of anilines is 2. The summed E-state index contributed by atoms with van der Waals surface area (Å²) in [7, 11) is 0. The van der Waals surface area contributed by atoms with E-state index < -0.39 is 0 Å². The number of nitrogens with zero attached hydrogens (tertiary/aromatic N) is 1. The maximum Gasteiger partial charge on any atom is 0.226 e. The molecular formula is C20H20FN3OS. The Labute approximate surface area is 156 Å². The minimum atomic E-state index is -0.238. The standard InChI is InChI=1S/C20H20FN3OS/c1-13(2)19(25)23-17-9-5-15(6-10-17)18-12-26-20(24-18)22-11-14-3-7-16(21)8-4-14/h3-10,12-13H,11H2,1-2H3,(H,22,24)(H,23,25). The molecule has 0 radical (unpaired) electrons. The van der Waals surface area contributed by atoms with Crippen molar-refractivity contribution in [3.8, 4) is 11.3 Å². The third-order valence-corrected chi connectivity index (χ3v) is 4.63. The summed E-state index contributed by atoms with van der Waals surface area (Å²) in [6, 6.07) is 14.0. The van der Waals surface area contributed by atoms with Crippen LogP contribution in [-0.2, 0) is 11.3 Å². The van der Waals surface area contributed by atoms with Gasteiger partial charge in [-0.25, -0.2) is 9.37 Å². The molecule has 0 bridgehead atoms. The van der Waals surface area contributed by atoms with Crippen LogP contribution in [0.4, 0.5) is 15.2 Å². The second-order valence-corrected chi connectivity index (χ2v) is 7.10. The van der Waals surface area contributed by atoms with Gasteiger partial charge < -0.3 is 10.6 Å². The van der Waals surface area contributed by atoms with Gasteiger partial charge in [-0.1, -0.05) is 38.1 Å². The smallest absolute Gasteiger partial charge is 0.226 e. The van der Waals surface area contributed by atoms with Crippen molar-refractivity contribution in [2.75, 3.05) is 10.6 Å². The lowest BCUT2D eigenvalue weighted by molar-refractivity contribution is -0.118. The summed E-state index contributed by atoms with van der Waals surface area (Å²) >= 11 is 1.52. The summed E-state index contributed by atoms with van der Waals surface area (Å²) in [6.45, 7) is 4.31. The molecule has 4 nitrogen and oxygen atoms in total. The Hall–Kier alpha value is -2.73. The Morgan fingerprint density at radius 2 is 1.81 bits per heavy atom. The first-order valence-corrected chi connectivity index (χ1v) is 9.24. The molecule has 0 aliphatic rings. The van der Waals surface area contributed by atoms with Crippen molar-refractivity contribution in [1.29, 1.82) is 0 Å². The summed E-state index contributed by atoms with van der Waals surface area (Å²) in [5, 5.41) is 8.91. The highest BCUT2D eigenvalue weighted by Gasteiger charge is 2.08. The van der Waals surface area contributed by atoms with Gasteiger partial charge in [-0.15, -0.1) is 11.3 Å². The number of amides is 1. The summed E-state index contributed by atoms with van der Waals surface area (Å²) in [5.41, 5.74) is 3.63. The van der Waals surface area contributed by atoms with Gasteiger partial charge in [-0.3, -0.25) is 4.79 Å². The van der Waals surface area contributed by atoms with E-state index in [2.05, 4.69) is 15.6 Å². The lowest BCUT2D eigenvalue weighted by Gasteiger charge is -2.08. The van der Waals surface area contributed by atoms with Crippen LogP contribution >= 0.6 is 11.3 Å². The van der Waals surface area contributed by atoms with Crippen molar-refractivity contribution in [2.45, 2.75) is 20.4 Å². The molecular weight excluding hydrogens is 349 g/mol. The van der Waals surface area contributed by atoms with Crippen LogP contribution in [0.25, 0.3) is 11.3 Å². The topological polar surface area (TPSA) is 54.0 Å². The van der Waals surface area contributed by atoms with E-state index in [-0.39, 0.29) is 17.6 Å². The average Bonchev–Trinajstić information content (AvgIpc) is 3.11. The van der Waals surface area contributed by atoms with E-state index in [1.165, 1.54) is 23.5 Å². The number of hydrogen-bond donors (Lipinski definition) is 2. The fourth-order valence-electron chi connectivity index (χ4n) is 2.28. The van der Waals surface area contributed by atoms with Crippen LogP contribution in [0.1, 0.15) is 19.4 Å². The van der Waals surface area contributed by atoms with E-state index in [9.17, 15) is 9.18 Å². The number of carbonyl (C=O) groups excluding carboxylic acids is 1. The van der Waals surface area contributed by atoms with Gasteiger partial charge in [-0.2, -0.15) is 0 Å². The lowest BCUT2D eigenvalue weighted by Crippen LogP contribution is -2.17. The maximum atomic E-state index is 12.9. The number of aromatic nitrogens is 1. The molecule has 1 aromatic heterocycles. The Balaban J connectivity index is 1.62. The molecule has 1 amide bonds. The van der Waals surface area contributed by atoms with E-state index in [0.717, 1.165) is 27.6 Å². The van der Waals surface area contributed by atoms with E-state index in [4.69, 9.17) is 0 Å². The first-order valence-electron chi connectivity index (χ1n) is 8.36. The average molecular weight is 369 g/mol. The monoisotopic (exact) mass is 369 g/mol. The predicted molar refractivity (Wildman–Crippen MR) is 105 cm³/mol. The van der Waals surface area contributed by atoms with Crippen LogP contribution in [0.2, 0.25) is 0 Å². The minimum Gasteiger partial charge on any atom is -0.357 e. The third-order valence-electron chi connectivity index (χ3n) is 3.83. The first kappa shape index (κ1) is 18.1. The Morgan fingerprint density at radius 3 is 2.46 bits per heavy atom. The number of rotatable bonds is 6. The summed E-state index contributed by atoms with van der Waals surface area (Å²) in [5.74, 6) is -0.292. The Bertz CT molecular complexity index is 873. The second kappa shape index (κ2) is 8.10. The fourth-order valence-corrected chi connectivity index (χ4v) is 3.00. The number of benzene rings is 2. The van der Waals surface area contributed by atoms with E-state index >= 15 is 0 Å². The Kier molecular flexibility index (Phi) is 5.63. The van der Waals surface area contributed by atoms with Gasteiger partial charge in [-0.05, 0) is 29.8 Å². The largest absolute Gasteiger partial charge is 0.357 e. The normalized spacial score (nSPS) is 10.8. The summed E-state index contributed by atoms with van der Waals surface area (Å²) in [6.07, 6.45) is 0. The molecule has 0 aliphatic carbocycles. The van der Waals surface area contributed by atoms with E-state index in [1.807, 2.05) is 43.5 Å². The van der Waals surface area contributed by atoms with Crippen LogP contribution in [-0.4, -0.2) is 10.9 Å². The van der Waals surface area contributed by atoms with Gasteiger partial charge in [0.25, 0.3) is 0 Å². The molecule has 3 rings (SSSR count). The number of halogens is 1. The molecule has 3 aromatic rings. The van der Waals surface area contributed by atoms with Gasteiger partial charge in [0.2, 0.25) is 5.91 Å². The van der Waals surface area contributed by atoms with Crippen molar-refractivity contribution < 1.29 is 9.18 Å². The highest BCUT2D eigenvalue weighted by atomic mass is 32.1. The minimum absolute atomic E-state index is 0.00121. The summed E-state index contributed by atoms with van der Waals surface area (Å²) < 4.78 is 12.9. The zero-order valence-corrected chi connectivity index (χ0v) is 15.4. The van der Waals surface area contributed by atoms with Crippen molar-refractivity contribution in [2.24, 2.45) is 5.92 Å². The number of carbonyl (C=O) groups is 1. The van der Waals surface area contributed by atoms with Crippen LogP contribution in [0.3, 0.4) is 0 Å². The molecule has 0 saturated carbocycles. The molecule has 26 heavy (non-hydrogen) atoms. The molecule has 2 aromatic carbocycles. The molecule has 0 spiro atoms.